The average molecular weight is 335 g/mol. The Morgan fingerprint density at radius 1 is 1.08 bits per heavy atom. The van der Waals surface area contributed by atoms with Crippen LogP contribution >= 0.6 is 0 Å². The maximum atomic E-state index is 12.6. The minimum absolute atomic E-state index is 0.134. The van der Waals surface area contributed by atoms with E-state index < -0.39 is 11.7 Å². The van der Waals surface area contributed by atoms with Gasteiger partial charge in [-0.1, -0.05) is 36.4 Å². The molecule has 128 valence electrons. The Balaban J connectivity index is 1.95. The van der Waals surface area contributed by atoms with Gasteiger partial charge in [0.1, 0.15) is 0 Å². The summed E-state index contributed by atoms with van der Waals surface area (Å²) in [4.78, 5) is 1.85. The Morgan fingerprint density at radius 3 is 2.25 bits per heavy atom. The fourth-order valence-electron chi connectivity index (χ4n) is 2.29. The molecule has 0 unspecified atom stereocenters. The number of hydrogen-bond donors (Lipinski definition) is 0. The molecule has 0 spiro atoms. The molecule has 0 saturated carbocycles. The van der Waals surface area contributed by atoms with Gasteiger partial charge in [0, 0.05) is 12.7 Å². The number of likely N-dealkylation sites (N-methyl/N-ethyl adjacent to an activating group) is 1. The molecule has 0 aliphatic heterocycles. The maximum Gasteiger partial charge on any atom is 0.416 e. The number of anilines is 1. The van der Waals surface area contributed by atoms with Crippen LogP contribution in [-0.2, 0) is 17.5 Å². The second-order valence-electron chi connectivity index (χ2n) is 5.46. The quantitative estimate of drug-likeness (QED) is 0.667. The highest BCUT2D eigenvalue weighted by Crippen LogP contribution is 2.30. The first-order valence-corrected chi connectivity index (χ1v) is 7.56. The van der Waals surface area contributed by atoms with E-state index in [1.54, 1.807) is 13.1 Å². The van der Waals surface area contributed by atoms with Crippen molar-refractivity contribution in [3.05, 3.63) is 78.4 Å². The Hall–Kier alpha value is -2.27. The van der Waals surface area contributed by atoms with E-state index in [0.29, 0.717) is 18.9 Å². The predicted molar refractivity (Wildman–Crippen MR) is 89.9 cm³/mol. The Bertz CT molecular complexity index is 638. The summed E-state index contributed by atoms with van der Waals surface area (Å²) in [5.41, 5.74) is 1.09. The first-order chi connectivity index (χ1) is 11.4. The summed E-state index contributed by atoms with van der Waals surface area (Å²) in [7, 11) is 1.81. The van der Waals surface area contributed by atoms with Crippen LogP contribution in [0.2, 0.25) is 0 Å². The molecule has 2 aromatic carbocycles. The topological polar surface area (TPSA) is 12.5 Å². The van der Waals surface area contributed by atoms with Gasteiger partial charge in [-0.05, 0) is 29.8 Å². The molecule has 0 N–H and O–H groups in total. The van der Waals surface area contributed by atoms with E-state index in [9.17, 15) is 13.2 Å². The number of ether oxygens (including phenoxy) is 1. The molecule has 24 heavy (non-hydrogen) atoms. The molecular formula is C19H20F3NO. The molecule has 2 nitrogen and oxygen atoms in total. The second kappa shape index (κ2) is 8.02. The molecule has 1 atom stereocenters. The van der Waals surface area contributed by atoms with Crippen LogP contribution in [0, 0.1) is 0 Å². The lowest BCUT2D eigenvalue weighted by Gasteiger charge is -2.27. The van der Waals surface area contributed by atoms with Crippen LogP contribution in [0.1, 0.15) is 11.1 Å². The van der Waals surface area contributed by atoms with E-state index in [-0.39, 0.29) is 6.04 Å². The van der Waals surface area contributed by atoms with Gasteiger partial charge in [0.15, 0.2) is 0 Å². The third-order valence-electron chi connectivity index (χ3n) is 3.77. The number of halogens is 3. The number of benzene rings is 2. The van der Waals surface area contributed by atoms with Gasteiger partial charge < -0.3 is 9.64 Å². The lowest BCUT2D eigenvalue weighted by atomic mass is 10.1. The fourth-order valence-corrected chi connectivity index (χ4v) is 2.29. The Morgan fingerprint density at radius 2 is 1.71 bits per heavy atom. The maximum absolute atomic E-state index is 12.6. The first kappa shape index (κ1) is 18.1. The van der Waals surface area contributed by atoms with Crippen LogP contribution in [-0.4, -0.2) is 19.7 Å². The van der Waals surface area contributed by atoms with E-state index in [1.807, 2.05) is 35.2 Å². The second-order valence-corrected chi connectivity index (χ2v) is 5.46. The van der Waals surface area contributed by atoms with Crippen molar-refractivity contribution < 1.29 is 17.9 Å². The molecule has 0 aliphatic rings. The van der Waals surface area contributed by atoms with Crippen LogP contribution in [0.4, 0.5) is 18.9 Å². The predicted octanol–water partition coefficient (Wildman–Crippen LogP) is 4.91. The average Bonchev–Trinajstić information content (AvgIpc) is 2.58. The van der Waals surface area contributed by atoms with Crippen molar-refractivity contribution in [2.24, 2.45) is 0 Å². The summed E-state index contributed by atoms with van der Waals surface area (Å²) in [5, 5.41) is 0. The van der Waals surface area contributed by atoms with Crippen molar-refractivity contribution in [3.8, 4) is 0 Å². The van der Waals surface area contributed by atoms with Crippen molar-refractivity contribution >= 4 is 5.69 Å². The van der Waals surface area contributed by atoms with Crippen LogP contribution < -0.4 is 4.90 Å². The van der Waals surface area contributed by atoms with E-state index in [1.165, 1.54) is 12.1 Å². The normalized spacial score (nSPS) is 12.7. The van der Waals surface area contributed by atoms with E-state index in [0.717, 1.165) is 17.7 Å². The summed E-state index contributed by atoms with van der Waals surface area (Å²) in [6, 6.07) is 14.7. The number of alkyl halides is 3. The molecule has 0 aromatic heterocycles. The minimum atomic E-state index is -4.33. The van der Waals surface area contributed by atoms with Gasteiger partial charge in [-0.3, -0.25) is 0 Å². The highest BCUT2D eigenvalue weighted by Gasteiger charge is 2.30. The van der Waals surface area contributed by atoms with Crippen molar-refractivity contribution in [2.45, 2.75) is 18.8 Å². The van der Waals surface area contributed by atoms with Gasteiger partial charge >= 0.3 is 6.18 Å². The van der Waals surface area contributed by atoms with Crippen molar-refractivity contribution in [3.63, 3.8) is 0 Å². The third-order valence-corrected chi connectivity index (χ3v) is 3.77. The van der Waals surface area contributed by atoms with Crippen LogP contribution in [0.3, 0.4) is 0 Å². The third kappa shape index (κ3) is 4.86. The minimum Gasteiger partial charge on any atom is -0.374 e. The summed E-state index contributed by atoms with van der Waals surface area (Å²) in [5.74, 6) is 0. The largest absolute Gasteiger partial charge is 0.416 e. The number of hydrogen-bond acceptors (Lipinski definition) is 2. The molecule has 0 aliphatic carbocycles. The summed E-state index contributed by atoms with van der Waals surface area (Å²) in [6.45, 7) is 4.67. The van der Waals surface area contributed by atoms with E-state index >= 15 is 0 Å². The molecule has 0 fully saturated rings. The monoisotopic (exact) mass is 335 g/mol. The first-order valence-electron chi connectivity index (χ1n) is 7.56. The molecule has 0 saturated heterocycles. The molecular weight excluding hydrogens is 315 g/mol. The molecule has 0 heterocycles. The van der Waals surface area contributed by atoms with Gasteiger partial charge in [0.25, 0.3) is 0 Å². The molecule has 2 aromatic rings. The SMILES string of the molecule is C=C[C@@H](COCc1ccccc1)N(C)c1ccc(C(F)(F)F)cc1. The van der Waals surface area contributed by atoms with Crippen LogP contribution in [0.5, 0.6) is 0 Å². The lowest BCUT2D eigenvalue weighted by molar-refractivity contribution is -0.137. The highest BCUT2D eigenvalue weighted by atomic mass is 19.4. The van der Waals surface area contributed by atoms with Gasteiger partial charge in [-0.25, -0.2) is 0 Å². The van der Waals surface area contributed by atoms with E-state index in [4.69, 9.17) is 4.74 Å². The number of nitrogens with zero attached hydrogens (tertiary/aromatic N) is 1. The van der Waals surface area contributed by atoms with Crippen molar-refractivity contribution in [1.29, 1.82) is 0 Å². The van der Waals surface area contributed by atoms with Crippen LogP contribution in [0.25, 0.3) is 0 Å². The zero-order valence-electron chi connectivity index (χ0n) is 13.5. The summed E-state index contributed by atoms with van der Waals surface area (Å²) < 4.78 is 43.6. The standard InChI is InChI=1S/C19H20F3NO/c1-3-17(14-24-13-15-7-5-4-6-8-15)23(2)18-11-9-16(10-12-18)19(20,21)22/h3-12,17H,1,13-14H2,2H3/t17-/m0/s1. The smallest absolute Gasteiger partial charge is 0.374 e. The lowest BCUT2D eigenvalue weighted by Crippen LogP contribution is -2.33. The zero-order chi connectivity index (χ0) is 17.6. The molecule has 0 radical (unpaired) electrons. The molecule has 0 bridgehead atoms. The molecule has 2 rings (SSSR count). The molecule has 0 amide bonds. The molecule has 5 heteroatoms. The van der Waals surface area contributed by atoms with Gasteiger partial charge in [-0.2, -0.15) is 13.2 Å². The summed E-state index contributed by atoms with van der Waals surface area (Å²) in [6.07, 6.45) is -2.60. The van der Waals surface area contributed by atoms with Crippen molar-refractivity contribution in [1.82, 2.24) is 0 Å². The van der Waals surface area contributed by atoms with Gasteiger partial charge in [0.05, 0.1) is 24.8 Å². The Labute approximate surface area is 140 Å². The van der Waals surface area contributed by atoms with Crippen LogP contribution in [0.15, 0.2) is 67.3 Å². The fraction of sp³-hybridized carbons (Fsp3) is 0.263. The van der Waals surface area contributed by atoms with Gasteiger partial charge in [0.2, 0.25) is 0 Å². The summed E-state index contributed by atoms with van der Waals surface area (Å²) >= 11 is 0. The number of rotatable bonds is 7. The van der Waals surface area contributed by atoms with E-state index in [2.05, 4.69) is 6.58 Å². The Kier molecular flexibility index (Phi) is 6.04. The van der Waals surface area contributed by atoms with Crippen molar-refractivity contribution in [2.75, 3.05) is 18.6 Å². The highest BCUT2D eigenvalue weighted by molar-refractivity contribution is 5.49. The van der Waals surface area contributed by atoms with Gasteiger partial charge in [-0.15, -0.1) is 6.58 Å². The zero-order valence-corrected chi connectivity index (χ0v) is 13.5.